The van der Waals surface area contributed by atoms with Crippen LogP contribution in [0.15, 0.2) is 5.38 Å². The van der Waals surface area contributed by atoms with Crippen molar-refractivity contribution in [3.63, 3.8) is 0 Å². The minimum absolute atomic E-state index is 0.0300. The summed E-state index contributed by atoms with van der Waals surface area (Å²) in [5, 5.41) is 6.44. The second-order valence-corrected chi connectivity index (χ2v) is 7.48. The fraction of sp³-hybridized carbons (Fsp3) is 0.615. The predicted molar refractivity (Wildman–Crippen MR) is 83.2 cm³/mol. The molecule has 1 N–H and O–H groups in total. The van der Waals surface area contributed by atoms with Gasteiger partial charge in [-0.1, -0.05) is 48.3 Å². The number of aryl methyl sites for hydroxylation is 1. The molecule has 1 aromatic rings. The van der Waals surface area contributed by atoms with Crippen LogP contribution < -0.4 is 5.32 Å². The van der Waals surface area contributed by atoms with E-state index >= 15 is 0 Å². The van der Waals surface area contributed by atoms with Gasteiger partial charge in [-0.3, -0.25) is 4.79 Å². The fourth-order valence-electron chi connectivity index (χ4n) is 1.64. The van der Waals surface area contributed by atoms with Crippen molar-refractivity contribution < 1.29 is 4.79 Å². The lowest BCUT2D eigenvalue weighted by atomic mass is 9.85. The van der Waals surface area contributed by atoms with Crippen molar-refractivity contribution in [1.29, 1.82) is 0 Å². The molecule has 0 bridgehead atoms. The molecular weight excluding hydrogens is 334 g/mol. The number of carbonyl (C=O) groups excluding carboxylic acids is 1. The number of thiophene rings is 1. The highest BCUT2D eigenvalue weighted by molar-refractivity contribution is 9.09. The van der Waals surface area contributed by atoms with Crippen molar-refractivity contribution in [3.05, 3.63) is 20.8 Å². The first kappa shape index (κ1) is 16.0. The van der Waals surface area contributed by atoms with Crippen LogP contribution in [0, 0.1) is 12.3 Å². The number of hydrogen-bond donors (Lipinski definition) is 1. The maximum Gasteiger partial charge on any atom is 0.263 e. The number of rotatable bonds is 4. The number of nitrogens with one attached hydrogen (secondary N) is 1. The molecule has 2 nitrogen and oxygen atoms in total. The van der Waals surface area contributed by atoms with Crippen LogP contribution >= 0.6 is 38.9 Å². The summed E-state index contributed by atoms with van der Waals surface area (Å²) < 4.78 is 0. The molecule has 1 rings (SSSR count). The van der Waals surface area contributed by atoms with Crippen molar-refractivity contribution in [3.8, 4) is 0 Å². The zero-order valence-electron chi connectivity index (χ0n) is 11.1. The molecule has 5 heteroatoms. The van der Waals surface area contributed by atoms with E-state index in [1.54, 1.807) is 0 Å². The molecule has 0 saturated heterocycles. The lowest BCUT2D eigenvalue weighted by Gasteiger charge is -2.31. The molecule has 0 aliphatic carbocycles. The third kappa shape index (κ3) is 3.97. The molecule has 0 aliphatic heterocycles. The van der Waals surface area contributed by atoms with Crippen molar-refractivity contribution in [2.24, 2.45) is 5.41 Å². The molecule has 18 heavy (non-hydrogen) atoms. The van der Waals surface area contributed by atoms with E-state index in [4.69, 9.17) is 11.6 Å². The van der Waals surface area contributed by atoms with Crippen molar-refractivity contribution >= 4 is 44.8 Å². The second kappa shape index (κ2) is 6.40. The number of hydrogen-bond acceptors (Lipinski definition) is 2. The minimum Gasteiger partial charge on any atom is -0.348 e. The molecule has 0 aromatic carbocycles. The Morgan fingerprint density at radius 2 is 2.17 bits per heavy atom. The van der Waals surface area contributed by atoms with Crippen LogP contribution in [-0.4, -0.2) is 17.3 Å². The van der Waals surface area contributed by atoms with Gasteiger partial charge in [-0.25, -0.2) is 0 Å². The lowest BCUT2D eigenvalue weighted by Crippen LogP contribution is -2.43. The molecule has 0 spiro atoms. The van der Waals surface area contributed by atoms with Gasteiger partial charge in [-0.05, 0) is 29.7 Å². The van der Waals surface area contributed by atoms with Gasteiger partial charge in [-0.15, -0.1) is 11.3 Å². The Bertz CT molecular complexity index is 425. The number of alkyl halides is 1. The zero-order valence-corrected chi connectivity index (χ0v) is 14.3. The topological polar surface area (TPSA) is 29.1 Å². The highest BCUT2D eigenvalue weighted by atomic mass is 79.9. The molecular formula is C13H19BrClNOS. The third-order valence-electron chi connectivity index (χ3n) is 2.85. The Morgan fingerprint density at radius 3 is 2.56 bits per heavy atom. The van der Waals surface area contributed by atoms with Gasteiger partial charge in [0.25, 0.3) is 5.91 Å². The second-order valence-electron chi connectivity index (χ2n) is 5.43. The largest absolute Gasteiger partial charge is 0.348 e. The van der Waals surface area contributed by atoms with Crippen LogP contribution in [0.4, 0.5) is 0 Å². The molecule has 1 amide bonds. The monoisotopic (exact) mass is 351 g/mol. The first-order valence-corrected chi connectivity index (χ1v) is 8.25. The van der Waals surface area contributed by atoms with Crippen LogP contribution in [0.25, 0.3) is 0 Å². The Balaban J connectivity index is 2.82. The van der Waals surface area contributed by atoms with Crippen molar-refractivity contribution in [1.82, 2.24) is 5.32 Å². The van der Waals surface area contributed by atoms with Gasteiger partial charge < -0.3 is 5.32 Å². The number of amides is 1. The van der Waals surface area contributed by atoms with Crippen molar-refractivity contribution in [2.45, 2.75) is 40.2 Å². The Hall–Kier alpha value is -0.0600. The van der Waals surface area contributed by atoms with Crippen LogP contribution in [0.1, 0.15) is 42.4 Å². The van der Waals surface area contributed by atoms with Gasteiger partial charge in [0, 0.05) is 11.4 Å². The van der Waals surface area contributed by atoms with Crippen LogP contribution in [0.5, 0.6) is 0 Å². The highest BCUT2D eigenvalue weighted by Crippen LogP contribution is 2.28. The third-order valence-corrected chi connectivity index (χ3v) is 5.01. The normalized spacial score (nSPS) is 13.4. The highest BCUT2D eigenvalue weighted by Gasteiger charge is 2.27. The van der Waals surface area contributed by atoms with E-state index in [-0.39, 0.29) is 17.4 Å². The Labute approximate surface area is 126 Å². The summed E-state index contributed by atoms with van der Waals surface area (Å²) in [5.41, 5.74) is 0.988. The molecule has 1 heterocycles. The zero-order chi connectivity index (χ0) is 13.9. The van der Waals surface area contributed by atoms with Gasteiger partial charge in [0.15, 0.2) is 0 Å². The Kier molecular flexibility index (Phi) is 5.68. The summed E-state index contributed by atoms with van der Waals surface area (Å²) in [7, 11) is 0. The maximum atomic E-state index is 12.2. The van der Waals surface area contributed by atoms with Gasteiger partial charge in [0.2, 0.25) is 0 Å². The van der Waals surface area contributed by atoms with E-state index in [0.29, 0.717) is 9.90 Å². The molecule has 0 fully saturated rings. The average Bonchev–Trinajstić information content (AvgIpc) is 2.58. The molecule has 1 aromatic heterocycles. The summed E-state index contributed by atoms with van der Waals surface area (Å²) in [4.78, 5) is 12.8. The van der Waals surface area contributed by atoms with Crippen LogP contribution in [0.2, 0.25) is 5.02 Å². The number of halogens is 2. The van der Waals surface area contributed by atoms with Gasteiger partial charge in [0.1, 0.15) is 4.88 Å². The van der Waals surface area contributed by atoms with E-state index < -0.39 is 0 Å². The SMILES string of the molecule is Cc1csc(C(=O)NC(CCBr)C(C)(C)C)c1Cl. The van der Waals surface area contributed by atoms with Crippen LogP contribution in [0.3, 0.4) is 0 Å². The van der Waals surface area contributed by atoms with Crippen LogP contribution in [-0.2, 0) is 0 Å². The van der Waals surface area contributed by atoms with Crippen molar-refractivity contribution in [2.75, 3.05) is 5.33 Å². The number of carbonyl (C=O) groups is 1. The van der Waals surface area contributed by atoms with E-state index in [9.17, 15) is 4.79 Å². The quantitative estimate of drug-likeness (QED) is 0.786. The van der Waals surface area contributed by atoms with E-state index in [1.165, 1.54) is 11.3 Å². The predicted octanol–water partition coefficient (Wildman–Crippen LogP) is 4.64. The van der Waals surface area contributed by atoms with Gasteiger partial charge in [-0.2, -0.15) is 0 Å². The summed E-state index contributed by atoms with van der Waals surface area (Å²) in [6, 6.07) is 0.128. The fourth-order valence-corrected chi connectivity index (χ4v) is 3.28. The molecule has 0 radical (unpaired) electrons. The Morgan fingerprint density at radius 1 is 1.56 bits per heavy atom. The summed E-state index contributed by atoms with van der Waals surface area (Å²) in [5.74, 6) is -0.0704. The minimum atomic E-state index is -0.0704. The first-order valence-electron chi connectivity index (χ1n) is 5.87. The smallest absolute Gasteiger partial charge is 0.263 e. The lowest BCUT2D eigenvalue weighted by molar-refractivity contribution is 0.0905. The summed E-state index contributed by atoms with van der Waals surface area (Å²) >= 11 is 11.0. The molecule has 0 aliphatic rings. The molecule has 1 atom stereocenters. The molecule has 102 valence electrons. The standard InChI is InChI=1S/C13H19BrClNOS/c1-8-7-18-11(10(8)15)12(17)16-9(5-6-14)13(2,3)4/h7,9H,5-6H2,1-4H3,(H,16,17). The molecule has 0 saturated carbocycles. The average molecular weight is 353 g/mol. The van der Waals surface area contributed by atoms with Gasteiger partial charge >= 0.3 is 0 Å². The van der Waals surface area contributed by atoms with E-state index in [1.807, 2.05) is 12.3 Å². The summed E-state index contributed by atoms with van der Waals surface area (Å²) in [6.45, 7) is 8.29. The van der Waals surface area contributed by atoms with Gasteiger partial charge in [0.05, 0.1) is 5.02 Å². The maximum absolute atomic E-state index is 12.2. The molecule has 1 unspecified atom stereocenters. The van der Waals surface area contributed by atoms with E-state index in [0.717, 1.165) is 17.3 Å². The van der Waals surface area contributed by atoms with E-state index in [2.05, 4.69) is 42.0 Å². The summed E-state index contributed by atoms with van der Waals surface area (Å²) in [6.07, 6.45) is 0.900. The first-order chi connectivity index (χ1) is 8.27.